The first-order valence-electron chi connectivity index (χ1n) is 7.58. The van der Waals surface area contributed by atoms with Gasteiger partial charge >= 0.3 is 0 Å². The van der Waals surface area contributed by atoms with Crippen LogP contribution < -0.4 is 5.32 Å². The van der Waals surface area contributed by atoms with Gasteiger partial charge in [-0.15, -0.1) is 0 Å². The van der Waals surface area contributed by atoms with Crippen molar-refractivity contribution in [1.29, 1.82) is 0 Å². The van der Waals surface area contributed by atoms with E-state index in [4.69, 9.17) is 0 Å². The number of hydrogen-bond donors (Lipinski definition) is 1. The van der Waals surface area contributed by atoms with Crippen molar-refractivity contribution in [1.82, 2.24) is 9.88 Å². The number of aromatic nitrogens is 1. The molecule has 3 rings (SSSR count). The van der Waals surface area contributed by atoms with Crippen molar-refractivity contribution in [3.63, 3.8) is 0 Å². The molecule has 0 fully saturated rings. The standard InChI is InChI=1S/C19H20N2O/c1-14(2)20-19(22)18-12-16-10-6-7-11-17(16)21(18)13-15-8-4-3-5-9-15/h3-12,14H,13H2,1-2H3,(H,20,22). The van der Waals surface area contributed by atoms with Gasteiger partial charge in [-0.3, -0.25) is 4.79 Å². The quantitative estimate of drug-likeness (QED) is 0.779. The van der Waals surface area contributed by atoms with Gasteiger partial charge in [-0.1, -0.05) is 48.5 Å². The van der Waals surface area contributed by atoms with Crippen LogP contribution in [0.25, 0.3) is 10.9 Å². The van der Waals surface area contributed by atoms with Crippen LogP contribution in [0.4, 0.5) is 0 Å². The molecule has 112 valence electrons. The monoisotopic (exact) mass is 292 g/mol. The maximum atomic E-state index is 12.5. The lowest BCUT2D eigenvalue weighted by Crippen LogP contribution is -2.31. The highest BCUT2D eigenvalue weighted by Gasteiger charge is 2.16. The molecule has 0 saturated heterocycles. The zero-order valence-corrected chi connectivity index (χ0v) is 12.9. The van der Waals surface area contributed by atoms with E-state index in [-0.39, 0.29) is 11.9 Å². The Balaban J connectivity index is 2.07. The summed E-state index contributed by atoms with van der Waals surface area (Å²) in [5.41, 5.74) is 2.97. The molecule has 0 atom stereocenters. The molecule has 3 heteroatoms. The minimum atomic E-state index is -0.0258. The Kier molecular flexibility index (Phi) is 3.96. The first-order valence-corrected chi connectivity index (χ1v) is 7.58. The van der Waals surface area contributed by atoms with Crippen molar-refractivity contribution in [2.45, 2.75) is 26.4 Å². The fraction of sp³-hybridized carbons (Fsp3) is 0.211. The lowest BCUT2D eigenvalue weighted by Gasteiger charge is -2.13. The Bertz CT molecular complexity index is 788. The first kappa shape index (κ1) is 14.4. The molecule has 0 radical (unpaired) electrons. The van der Waals surface area contributed by atoms with E-state index in [1.807, 2.05) is 56.3 Å². The highest BCUT2D eigenvalue weighted by atomic mass is 16.2. The molecule has 22 heavy (non-hydrogen) atoms. The van der Waals surface area contributed by atoms with Crippen molar-refractivity contribution >= 4 is 16.8 Å². The van der Waals surface area contributed by atoms with Gasteiger partial charge in [-0.2, -0.15) is 0 Å². The van der Waals surface area contributed by atoms with Crippen LogP contribution in [0.15, 0.2) is 60.7 Å². The van der Waals surface area contributed by atoms with Crippen LogP contribution >= 0.6 is 0 Å². The van der Waals surface area contributed by atoms with Crippen LogP contribution in [0.2, 0.25) is 0 Å². The Morgan fingerprint density at radius 1 is 1.05 bits per heavy atom. The third-order valence-corrected chi connectivity index (χ3v) is 3.65. The van der Waals surface area contributed by atoms with Crippen molar-refractivity contribution in [2.24, 2.45) is 0 Å². The lowest BCUT2D eigenvalue weighted by molar-refractivity contribution is 0.0934. The van der Waals surface area contributed by atoms with E-state index >= 15 is 0 Å². The molecule has 2 aromatic carbocycles. The molecular formula is C19H20N2O. The second-order valence-electron chi connectivity index (χ2n) is 5.79. The Morgan fingerprint density at radius 2 is 1.73 bits per heavy atom. The Labute approximate surface area is 130 Å². The normalized spacial score (nSPS) is 11.0. The molecule has 0 unspecified atom stereocenters. The van der Waals surface area contributed by atoms with Gasteiger partial charge in [0.05, 0.1) is 0 Å². The molecule has 0 spiro atoms. The smallest absolute Gasteiger partial charge is 0.268 e. The van der Waals surface area contributed by atoms with Gasteiger partial charge in [-0.25, -0.2) is 0 Å². The maximum Gasteiger partial charge on any atom is 0.268 e. The fourth-order valence-corrected chi connectivity index (χ4v) is 2.67. The van der Waals surface area contributed by atoms with Gasteiger partial charge in [0.25, 0.3) is 5.91 Å². The summed E-state index contributed by atoms with van der Waals surface area (Å²) in [6.07, 6.45) is 0. The summed E-state index contributed by atoms with van der Waals surface area (Å²) in [5, 5.41) is 4.08. The van der Waals surface area contributed by atoms with Gasteiger partial charge in [0, 0.05) is 23.5 Å². The van der Waals surface area contributed by atoms with E-state index in [1.54, 1.807) is 0 Å². The molecule has 1 N–H and O–H groups in total. The molecule has 1 aromatic heterocycles. The van der Waals surface area contributed by atoms with Crippen molar-refractivity contribution in [3.05, 3.63) is 71.9 Å². The first-order chi connectivity index (χ1) is 10.6. The largest absolute Gasteiger partial charge is 0.349 e. The number of benzene rings is 2. The van der Waals surface area contributed by atoms with Crippen molar-refractivity contribution in [2.75, 3.05) is 0 Å². The zero-order valence-electron chi connectivity index (χ0n) is 12.9. The Hall–Kier alpha value is -2.55. The average Bonchev–Trinajstić information content (AvgIpc) is 2.87. The topological polar surface area (TPSA) is 34.0 Å². The number of fused-ring (bicyclic) bond motifs is 1. The number of nitrogens with one attached hydrogen (secondary N) is 1. The van der Waals surface area contributed by atoms with E-state index in [1.165, 1.54) is 5.56 Å². The van der Waals surface area contributed by atoms with Gasteiger partial charge in [-0.05, 0) is 31.5 Å². The molecular weight excluding hydrogens is 272 g/mol. The fourth-order valence-electron chi connectivity index (χ4n) is 2.67. The Morgan fingerprint density at radius 3 is 2.45 bits per heavy atom. The number of amides is 1. The van der Waals surface area contributed by atoms with Crippen LogP contribution in [0, 0.1) is 0 Å². The van der Waals surface area contributed by atoms with E-state index in [0.29, 0.717) is 12.2 Å². The second-order valence-corrected chi connectivity index (χ2v) is 5.79. The second kappa shape index (κ2) is 6.06. The minimum absolute atomic E-state index is 0.0258. The number of carbonyl (C=O) groups is 1. The predicted molar refractivity (Wildman–Crippen MR) is 90.1 cm³/mol. The number of hydrogen-bond acceptors (Lipinski definition) is 1. The summed E-state index contributed by atoms with van der Waals surface area (Å²) in [6.45, 7) is 4.64. The molecule has 1 heterocycles. The highest BCUT2D eigenvalue weighted by Crippen LogP contribution is 2.21. The molecule has 1 amide bonds. The summed E-state index contributed by atoms with van der Waals surface area (Å²) >= 11 is 0. The van der Waals surface area contributed by atoms with Gasteiger partial charge in [0.1, 0.15) is 5.69 Å². The van der Waals surface area contributed by atoms with Crippen LogP contribution in [0.5, 0.6) is 0 Å². The van der Waals surface area contributed by atoms with Crippen LogP contribution in [0.3, 0.4) is 0 Å². The molecule has 0 bridgehead atoms. The number of nitrogens with zero attached hydrogens (tertiary/aromatic N) is 1. The van der Waals surface area contributed by atoms with Crippen LogP contribution in [0.1, 0.15) is 29.9 Å². The van der Waals surface area contributed by atoms with Crippen molar-refractivity contribution < 1.29 is 4.79 Å². The highest BCUT2D eigenvalue weighted by molar-refractivity contribution is 5.98. The van der Waals surface area contributed by atoms with Gasteiger partial charge < -0.3 is 9.88 Å². The summed E-state index contributed by atoms with van der Waals surface area (Å²) in [7, 11) is 0. The molecule has 0 aliphatic heterocycles. The number of rotatable bonds is 4. The molecule has 0 saturated carbocycles. The summed E-state index contributed by atoms with van der Waals surface area (Å²) in [6, 6.07) is 20.4. The van der Waals surface area contributed by atoms with Gasteiger partial charge in [0.15, 0.2) is 0 Å². The predicted octanol–water partition coefficient (Wildman–Crippen LogP) is 3.83. The van der Waals surface area contributed by atoms with Crippen molar-refractivity contribution in [3.8, 4) is 0 Å². The summed E-state index contributed by atoms with van der Waals surface area (Å²) in [5.74, 6) is -0.0258. The van der Waals surface area contributed by atoms with E-state index in [2.05, 4.69) is 28.1 Å². The maximum absolute atomic E-state index is 12.5. The summed E-state index contributed by atoms with van der Waals surface area (Å²) < 4.78 is 2.09. The van der Waals surface area contributed by atoms with Crippen LogP contribution in [-0.4, -0.2) is 16.5 Å². The third-order valence-electron chi connectivity index (χ3n) is 3.65. The average molecular weight is 292 g/mol. The van der Waals surface area contributed by atoms with E-state index in [9.17, 15) is 4.79 Å². The lowest BCUT2D eigenvalue weighted by atomic mass is 10.2. The third kappa shape index (κ3) is 2.89. The van der Waals surface area contributed by atoms with E-state index < -0.39 is 0 Å². The summed E-state index contributed by atoms with van der Waals surface area (Å²) in [4.78, 5) is 12.5. The van der Waals surface area contributed by atoms with E-state index in [0.717, 1.165) is 10.9 Å². The number of para-hydroxylation sites is 1. The minimum Gasteiger partial charge on any atom is -0.349 e. The molecule has 3 nitrogen and oxygen atoms in total. The van der Waals surface area contributed by atoms with Gasteiger partial charge in [0.2, 0.25) is 0 Å². The van der Waals surface area contributed by atoms with Crippen LogP contribution in [-0.2, 0) is 6.54 Å². The number of carbonyl (C=O) groups excluding carboxylic acids is 1. The molecule has 0 aliphatic carbocycles. The SMILES string of the molecule is CC(C)NC(=O)c1cc2ccccc2n1Cc1ccccc1. The zero-order chi connectivity index (χ0) is 15.5. The molecule has 3 aromatic rings. The molecule has 0 aliphatic rings.